The maximum atomic E-state index is 10.7. The van der Waals surface area contributed by atoms with E-state index in [2.05, 4.69) is 5.32 Å². The van der Waals surface area contributed by atoms with Gasteiger partial charge >= 0.3 is 0 Å². The predicted octanol–water partition coefficient (Wildman–Crippen LogP) is -0.609. The number of sulfone groups is 1. The highest BCUT2D eigenvalue weighted by molar-refractivity contribution is 7.91. The summed E-state index contributed by atoms with van der Waals surface area (Å²) in [6, 6.07) is 0.222. The molecule has 0 aromatic rings. The van der Waals surface area contributed by atoms with Crippen LogP contribution < -0.4 is 5.32 Å². The highest BCUT2D eigenvalue weighted by Crippen LogP contribution is 2.27. The minimum atomic E-state index is -2.75. The standard InChI is InChI=1S/C5H11NO2S/c1-6-4-3-5(4)9(2,7)8/h4-6H,3H2,1-2H3. The van der Waals surface area contributed by atoms with Crippen LogP contribution in [0.5, 0.6) is 0 Å². The Kier molecular flexibility index (Phi) is 1.52. The maximum absolute atomic E-state index is 10.7. The third-order valence-corrected chi connectivity index (χ3v) is 3.27. The molecule has 2 unspecified atom stereocenters. The van der Waals surface area contributed by atoms with Crippen LogP contribution in [-0.2, 0) is 9.84 Å². The van der Waals surface area contributed by atoms with Gasteiger partial charge in [0.05, 0.1) is 5.25 Å². The van der Waals surface area contributed by atoms with Crippen LogP contribution in [0.4, 0.5) is 0 Å². The molecular formula is C5H11NO2S. The fourth-order valence-electron chi connectivity index (χ4n) is 0.949. The lowest BCUT2D eigenvalue weighted by molar-refractivity contribution is 0.598. The minimum absolute atomic E-state index is 0.109. The molecule has 1 aliphatic rings. The first kappa shape index (κ1) is 7.02. The van der Waals surface area contributed by atoms with Crippen LogP contribution in [0.15, 0.2) is 0 Å². The van der Waals surface area contributed by atoms with Gasteiger partial charge in [-0.15, -0.1) is 0 Å². The molecule has 2 atom stereocenters. The molecule has 1 N–H and O–H groups in total. The van der Waals surface area contributed by atoms with Crippen molar-refractivity contribution in [1.82, 2.24) is 5.32 Å². The molecule has 0 heterocycles. The summed E-state index contributed by atoms with van der Waals surface area (Å²) in [5.74, 6) is 0. The Hall–Kier alpha value is -0.0900. The summed E-state index contributed by atoms with van der Waals surface area (Å²) in [5, 5.41) is 2.81. The van der Waals surface area contributed by atoms with Crippen molar-refractivity contribution in [2.45, 2.75) is 17.7 Å². The largest absolute Gasteiger partial charge is 0.316 e. The van der Waals surface area contributed by atoms with E-state index in [0.717, 1.165) is 6.42 Å². The lowest BCUT2D eigenvalue weighted by Crippen LogP contribution is -2.18. The van der Waals surface area contributed by atoms with Crippen molar-refractivity contribution in [3.05, 3.63) is 0 Å². The molecule has 1 saturated carbocycles. The molecule has 0 aliphatic heterocycles. The van der Waals surface area contributed by atoms with Crippen molar-refractivity contribution < 1.29 is 8.42 Å². The summed E-state index contributed by atoms with van der Waals surface area (Å²) in [7, 11) is -0.966. The van der Waals surface area contributed by atoms with Gasteiger partial charge < -0.3 is 5.32 Å². The lowest BCUT2D eigenvalue weighted by atomic mass is 10.7. The Morgan fingerprint density at radius 2 is 2.11 bits per heavy atom. The fraction of sp³-hybridized carbons (Fsp3) is 1.00. The van der Waals surface area contributed by atoms with Gasteiger partial charge in [-0.25, -0.2) is 8.42 Å². The average molecular weight is 149 g/mol. The Balaban J connectivity index is 2.53. The van der Waals surface area contributed by atoms with E-state index in [1.54, 1.807) is 7.05 Å². The Morgan fingerprint density at radius 3 is 2.22 bits per heavy atom. The molecule has 1 rings (SSSR count). The molecule has 4 heteroatoms. The van der Waals surface area contributed by atoms with Crippen LogP contribution in [0.2, 0.25) is 0 Å². The predicted molar refractivity (Wildman–Crippen MR) is 36.1 cm³/mol. The summed E-state index contributed by atoms with van der Waals surface area (Å²) in [6.45, 7) is 0. The Bertz CT molecular complexity index is 197. The van der Waals surface area contributed by atoms with Crippen molar-refractivity contribution >= 4 is 9.84 Å². The van der Waals surface area contributed by atoms with Gasteiger partial charge in [0.15, 0.2) is 9.84 Å². The van der Waals surface area contributed by atoms with E-state index >= 15 is 0 Å². The van der Waals surface area contributed by atoms with Crippen LogP contribution in [-0.4, -0.2) is 33.0 Å². The summed E-state index contributed by atoms with van der Waals surface area (Å²) < 4.78 is 21.4. The van der Waals surface area contributed by atoms with Gasteiger partial charge in [-0.3, -0.25) is 0 Å². The Labute approximate surface area is 55.4 Å². The quantitative estimate of drug-likeness (QED) is 0.570. The third-order valence-electron chi connectivity index (χ3n) is 1.65. The molecule has 0 bridgehead atoms. The fourth-order valence-corrected chi connectivity index (χ4v) is 2.24. The smallest absolute Gasteiger partial charge is 0.151 e. The zero-order valence-corrected chi connectivity index (χ0v) is 6.40. The molecule has 0 spiro atoms. The van der Waals surface area contributed by atoms with Crippen molar-refractivity contribution in [2.75, 3.05) is 13.3 Å². The van der Waals surface area contributed by atoms with Gasteiger partial charge in [0.25, 0.3) is 0 Å². The topological polar surface area (TPSA) is 46.2 Å². The van der Waals surface area contributed by atoms with E-state index in [0.29, 0.717) is 0 Å². The molecule has 0 aromatic carbocycles. The van der Waals surface area contributed by atoms with E-state index in [1.807, 2.05) is 0 Å². The zero-order chi connectivity index (χ0) is 7.07. The molecule has 3 nitrogen and oxygen atoms in total. The monoisotopic (exact) mass is 149 g/mol. The summed E-state index contributed by atoms with van der Waals surface area (Å²) >= 11 is 0. The molecule has 0 saturated heterocycles. The number of hydrogen-bond donors (Lipinski definition) is 1. The molecule has 0 aromatic heterocycles. The first-order valence-corrected chi connectivity index (χ1v) is 4.87. The molecule has 0 amide bonds. The second-order valence-electron chi connectivity index (χ2n) is 2.50. The Morgan fingerprint density at radius 1 is 1.56 bits per heavy atom. The zero-order valence-electron chi connectivity index (χ0n) is 5.59. The van der Waals surface area contributed by atoms with Crippen LogP contribution in [0, 0.1) is 0 Å². The molecule has 9 heavy (non-hydrogen) atoms. The second kappa shape index (κ2) is 1.95. The molecule has 1 fully saturated rings. The molecular weight excluding hydrogens is 138 g/mol. The van der Waals surface area contributed by atoms with Crippen LogP contribution in [0.25, 0.3) is 0 Å². The van der Waals surface area contributed by atoms with E-state index in [9.17, 15) is 8.42 Å². The van der Waals surface area contributed by atoms with E-state index in [-0.39, 0.29) is 11.3 Å². The van der Waals surface area contributed by atoms with Gasteiger partial charge in [-0.05, 0) is 13.5 Å². The van der Waals surface area contributed by atoms with Crippen LogP contribution >= 0.6 is 0 Å². The van der Waals surface area contributed by atoms with Gasteiger partial charge in [-0.2, -0.15) is 0 Å². The number of rotatable bonds is 2. The summed E-state index contributed by atoms with van der Waals surface area (Å²) in [5.41, 5.74) is 0. The first-order valence-electron chi connectivity index (χ1n) is 2.92. The minimum Gasteiger partial charge on any atom is -0.316 e. The van der Waals surface area contributed by atoms with Crippen molar-refractivity contribution in [3.63, 3.8) is 0 Å². The van der Waals surface area contributed by atoms with E-state index < -0.39 is 9.84 Å². The molecule has 0 radical (unpaired) electrons. The van der Waals surface area contributed by atoms with Gasteiger partial charge in [0.1, 0.15) is 0 Å². The SMILES string of the molecule is CNC1CC1S(C)(=O)=O. The van der Waals surface area contributed by atoms with Gasteiger partial charge in [0, 0.05) is 12.3 Å². The lowest BCUT2D eigenvalue weighted by Gasteiger charge is -1.92. The highest BCUT2D eigenvalue weighted by atomic mass is 32.2. The second-order valence-corrected chi connectivity index (χ2v) is 4.76. The van der Waals surface area contributed by atoms with Crippen molar-refractivity contribution in [2.24, 2.45) is 0 Å². The highest BCUT2D eigenvalue weighted by Gasteiger charge is 2.43. The van der Waals surface area contributed by atoms with E-state index in [4.69, 9.17) is 0 Å². The number of hydrogen-bond acceptors (Lipinski definition) is 3. The average Bonchev–Trinajstić information content (AvgIpc) is 2.39. The maximum Gasteiger partial charge on any atom is 0.151 e. The molecule has 54 valence electrons. The number of nitrogens with one attached hydrogen (secondary N) is 1. The van der Waals surface area contributed by atoms with E-state index in [1.165, 1.54) is 6.26 Å². The molecule has 1 aliphatic carbocycles. The van der Waals surface area contributed by atoms with Gasteiger partial charge in [-0.1, -0.05) is 0 Å². The van der Waals surface area contributed by atoms with Crippen molar-refractivity contribution in [1.29, 1.82) is 0 Å². The summed E-state index contributed by atoms with van der Waals surface area (Å²) in [4.78, 5) is 0. The van der Waals surface area contributed by atoms with Crippen LogP contribution in [0.1, 0.15) is 6.42 Å². The first-order chi connectivity index (χ1) is 4.05. The van der Waals surface area contributed by atoms with Crippen LogP contribution in [0.3, 0.4) is 0 Å². The third kappa shape index (κ3) is 1.43. The summed E-state index contributed by atoms with van der Waals surface area (Å²) in [6.07, 6.45) is 2.07. The van der Waals surface area contributed by atoms with Gasteiger partial charge in [0.2, 0.25) is 0 Å². The van der Waals surface area contributed by atoms with Crippen molar-refractivity contribution in [3.8, 4) is 0 Å². The normalized spacial score (nSPS) is 34.4.